The molecule has 2 heterocycles. The summed E-state index contributed by atoms with van der Waals surface area (Å²) in [5.41, 5.74) is 7.63. The molecule has 0 fully saturated rings. The average molecular weight is 464 g/mol. The number of benzene rings is 3. The van der Waals surface area contributed by atoms with Crippen LogP contribution in [0.2, 0.25) is 0 Å². The van der Waals surface area contributed by atoms with Crippen LogP contribution in [0.25, 0.3) is 22.3 Å². The number of hydrogen-bond donors (Lipinski definition) is 2. The van der Waals surface area contributed by atoms with Gasteiger partial charge in [0, 0.05) is 24.2 Å². The first kappa shape index (κ1) is 22.6. The fourth-order valence-electron chi connectivity index (χ4n) is 4.38. The normalized spacial score (nSPS) is 11.1. The Morgan fingerprint density at radius 2 is 1.66 bits per heavy atom. The minimum atomic E-state index is -0.210. The van der Waals surface area contributed by atoms with Crippen molar-refractivity contribution in [2.45, 2.75) is 39.7 Å². The van der Waals surface area contributed by atoms with Crippen molar-refractivity contribution in [3.63, 3.8) is 0 Å². The van der Waals surface area contributed by atoms with Gasteiger partial charge in [0.05, 0.1) is 16.7 Å². The molecule has 0 radical (unpaired) electrons. The highest BCUT2D eigenvalue weighted by Gasteiger charge is 2.12. The van der Waals surface area contributed by atoms with Gasteiger partial charge in [0.15, 0.2) is 0 Å². The molecule has 0 aliphatic carbocycles. The van der Waals surface area contributed by atoms with Crippen molar-refractivity contribution in [1.82, 2.24) is 19.7 Å². The molecule has 0 aliphatic rings. The monoisotopic (exact) mass is 463 g/mol. The van der Waals surface area contributed by atoms with Gasteiger partial charge in [-0.25, -0.2) is 4.98 Å². The lowest BCUT2D eigenvalue weighted by atomic mass is 10.1. The zero-order valence-electron chi connectivity index (χ0n) is 20.1. The third-order valence-corrected chi connectivity index (χ3v) is 6.38. The molecule has 1 amide bonds. The third kappa shape index (κ3) is 4.87. The molecule has 0 saturated carbocycles. The number of para-hydroxylation sites is 2. The van der Waals surface area contributed by atoms with Crippen LogP contribution in [0.1, 0.15) is 41.3 Å². The first-order valence-corrected chi connectivity index (χ1v) is 12.1. The van der Waals surface area contributed by atoms with Crippen LogP contribution in [0.5, 0.6) is 0 Å². The number of imidazole rings is 1. The maximum atomic E-state index is 12.7. The van der Waals surface area contributed by atoms with Crippen molar-refractivity contribution in [3.8, 4) is 11.3 Å². The Morgan fingerprint density at radius 3 is 2.40 bits per heavy atom. The smallest absolute Gasteiger partial charge is 0.273 e. The van der Waals surface area contributed by atoms with E-state index < -0.39 is 0 Å². The van der Waals surface area contributed by atoms with E-state index in [0.717, 1.165) is 54.1 Å². The molecule has 176 valence electrons. The number of H-pyrrole nitrogens is 1. The van der Waals surface area contributed by atoms with E-state index in [1.54, 1.807) is 6.07 Å². The number of nitrogens with zero attached hydrogens (tertiary/aromatic N) is 3. The van der Waals surface area contributed by atoms with Crippen LogP contribution in [-0.2, 0) is 25.8 Å². The number of carbonyl (C=O) groups excluding carboxylic acids is 1. The number of aromatic amines is 1. The van der Waals surface area contributed by atoms with Crippen molar-refractivity contribution in [2.75, 3.05) is 5.32 Å². The minimum Gasteiger partial charge on any atom is -0.328 e. The van der Waals surface area contributed by atoms with Crippen LogP contribution < -0.4 is 5.32 Å². The fourth-order valence-corrected chi connectivity index (χ4v) is 4.38. The summed E-state index contributed by atoms with van der Waals surface area (Å²) in [6.07, 6.45) is 2.75. The first-order chi connectivity index (χ1) is 17.1. The van der Waals surface area contributed by atoms with E-state index in [9.17, 15) is 4.79 Å². The Labute approximate surface area is 205 Å². The average Bonchev–Trinajstić information content (AvgIpc) is 3.53. The number of fused-ring (bicyclic) bond motifs is 1. The van der Waals surface area contributed by atoms with Gasteiger partial charge < -0.3 is 9.88 Å². The Hall–Kier alpha value is -4.19. The van der Waals surface area contributed by atoms with Crippen LogP contribution in [0.4, 0.5) is 5.69 Å². The van der Waals surface area contributed by atoms with E-state index in [1.807, 2.05) is 30.3 Å². The van der Waals surface area contributed by atoms with E-state index in [2.05, 4.69) is 76.4 Å². The molecule has 35 heavy (non-hydrogen) atoms. The largest absolute Gasteiger partial charge is 0.328 e. The fraction of sp³-hybridized carbons (Fsp3) is 0.207. The minimum absolute atomic E-state index is 0.210. The van der Waals surface area contributed by atoms with E-state index in [1.165, 1.54) is 16.6 Å². The van der Waals surface area contributed by atoms with E-state index in [-0.39, 0.29) is 5.91 Å². The second-order valence-corrected chi connectivity index (χ2v) is 8.63. The molecule has 5 rings (SSSR count). The van der Waals surface area contributed by atoms with Crippen LogP contribution in [0, 0.1) is 0 Å². The summed E-state index contributed by atoms with van der Waals surface area (Å²) >= 11 is 0. The zero-order chi connectivity index (χ0) is 24.2. The van der Waals surface area contributed by atoms with Crippen LogP contribution in [0.15, 0.2) is 78.9 Å². The maximum Gasteiger partial charge on any atom is 0.273 e. The molecule has 6 heteroatoms. The van der Waals surface area contributed by atoms with Gasteiger partial charge >= 0.3 is 0 Å². The highest BCUT2D eigenvalue weighted by Crippen LogP contribution is 2.21. The zero-order valence-corrected chi connectivity index (χ0v) is 20.1. The topological polar surface area (TPSA) is 75.6 Å². The van der Waals surface area contributed by atoms with Gasteiger partial charge in [0.1, 0.15) is 11.5 Å². The molecular formula is C29H29N5O. The number of rotatable bonds is 8. The number of hydrogen-bond acceptors (Lipinski definition) is 3. The van der Waals surface area contributed by atoms with Gasteiger partial charge in [0.2, 0.25) is 0 Å². The van der Waals surface area contributed by atoms with Crippen molar-refractivity contribution in [1.29, 1.82) is 0 Å². The number of carbonyl (C=O) groups is 1. The van der Waals surface area contributed by atoms with E-state index in [4.69, 9.17) is 4.98 Å². The summed E-state index contributed by atoms with van der Waals surface area (Å²) in [4.78, 5) is 17.5. The third-order valence-electron chi connectivity index (χ3n) is 6.38. The molecule has 0 unspecified atom stereocenters. The van der Waals surface area contributed by atoms with Crippen LogP contribution in [-0.4, -0.2) is 25.7 Å². The molecule has 6 nitrogen and oxygen atoms in total. The van der Waals surface area contributed by atoms with E-state index in [0.29, 0.717) is 5.69 Å². The lowest BCUT2D eigenvalue weighted by Crippen LogP contribution is -2.12. The number of nitrogens with one attached hydrogen (secondary N) is 2. The lowest BCUT2D eigenvalue weighted by Gasteiger charge is -2.07. The number of anilines is 1. The quantitative estimate of drug-likeness (QED) is 0.294. The van der Waals surface area contributed by atoms with Gasteiger partial charge in [-0.2, -0.15) is 5.10 Å². The van der Waals surface area contributed by atoms with Crippen molar-refractivity contribution in [2.24, 2.45) is 0 Å². The molecule has 5 aromatic rings. The van der Waals surface area contributed by atoms with Gasteiger partial charge in [-0.05, 0) is 61.2 Å². The summed E-state index contributed by atoms with van der Waals surface area (Å²) in [5.74, 6) is 0.892. The van der Waals surface area contributed by atoms with Gasteiger partial charge in [-0.1, -0.05) is 55.5 Å². The highest BCUT2D eigenvalue weighted by atomic mass is 16.1. The van der Waals surface area contributed by atoms with Crippen molar-refractivity contribution >= 4 is 22.6 Å². The summed E-state index contributed by atoms with van der Waals surface area (Å²) in [6, 6.07) is 26.3. The predicted octanol–water partition coefficient (Wildman–Crippen LogP) is 6.05. The molecule has 3 aromatic carbocycles. The second kappa shape index (κ2) is 9.97. The predicted molar refractivity (Wildman–Crippen MR) is 141 cm³/mol. The Bertz CT molecular complexity index is 1450. The standard InChI is InChI=1S/C29H29N5O/c1-3-20-9-14-22(15-10-20)25-19-26(33-32-25)29(35)30-23-16-11-21(12-17-23)13-18-28-31-24-7-5-6-8-27(24)34(28)4-2/h5-12,14-17,19H,3-4,13,18H2,1-2H3,(H,30,35)(H,32,33). The first-order valence-electron chi connectivity index (χ1n) is 12.1. The molecule has 0 saturated heterocycles. The van der Waals surface area contributed by atoms with Crippen LogP contribution >= 0.6 is 0 Å². The maximum absolute atomic E-state index is 12.7. The number of aromatic nitrogens is 4. The Kier molecular flexibility index (Phi) is 6.44. The van der Waals surface area contributed by atoms with Gasteiger partial charge in [0.25, 0.3) is 5.91 Å². The summed E-state index contributed by atoms with van der Waals surface area (Å²) in [7, 11) is 0. The summed E-state index contributed by atoms with van der Waals surface area (Å²) in [6.45, 7) is 5.18. The molecule has 0 aliphatic heterocycles. The van der Waals surface area contributed by atoms with Crippen molar-refractivity contribution < 1.29 is 4.79 Å². The Morgan fingerprint density at radius 1 is 0.914 bits per heavy atom. The van der Waals surface area contributed by atoms with Crippen molar-refractivity contribution in [3.05, 3.63) is 102 Å². The molecule has 0 bridgehead atoms. The number of aryl methyl sites for hydroxylation is 4. The van der Waals surface area contributed by atoms with Gasteiger partial charge in [-0.15, -0.1) is 0 Å². The summed E-state index contributed by atoms with van der Waals surface area (Å²) in [5, 5.41) is 10.1. The second-order valence-electron chi connectivity index (χ2n) is 8.63. The Balaban J connectivity index is 1.21. The highest BCUT2D eigenvalue weighted by molar-refractivity contribution is 6.03. The lowest BCUT2D eigenvalue weighted by molar-refractivity contribution is 0.102. The summed E-state index contributed by atoms with van der Waals surface area (Å²) < 4.78 is 2.28. The van der Waals surface area contributed by atoms with Crippen LogP contribution in [0.3, 0.4) is 0 Å². The SMILES string of the molecule is CCc1ccc(-c2cc(C(=O)Nc3ccc(CCc4nc5ccccc5n4CC)cc3)[nH]n2)cc1. The number of amides is 1. The molecule has 0 spiro atoms. The molecule has 2 aromatic heterocycles. The molecular weight excluding hydrogens is 434 g/mol. The van der Waals surface area contributed by atoms with E-state index >= 15 is 0 Å². The molecule has 2 N–H and O–H groups in total. The van der Waals surface area contributed by atoms with Gasteiger partial charge in [-0.3, -0.25) is 9.89 Å². The molecule has 0 atom stereocenters.